The van der Waals surface area contributed by atoms with Gasteiger partial charge in [-0.25, -0.2) is 9.07 Å². The van der Waals surface area contributed by atoms with E-state index in [1.54, 1.807) is 18.2 Å². The minimum Gasteiger partial charge on any atom is -0.296 e. The largest absolute Gasteiger partial charge is 0.296 e. The molecule has 0 bridgehead atoms. The van der Waals surface area contributed by atoms with Gasteiger partial charge in [0.25, 0.3) is 0 Å². The first-order valence-electron chi connectivity index (χ1n) is 5.47. The predicted molar refractivity (Wildman–Crippen MR) is 58.7 cm³/mol. The monoisotopic (exact) mass is 231 g/mol. The molecule has 2 aromatic rings. The lowest BCUT2D eigenvalue weighted by Gasteiger charge is -2.06. The van der Waals surface area contributed by atoms with Crippen molar-refractivity contribution in [1.29, 1.82) is 0 Å². The third-order valence-corrected chi connectivity index (χ3v) is 2.89. The number of rotatable bonds is 3. The van der Waals surface area contributed by atoms with E-state index in [9.17, 15) is 9.18 Å². The van der Waals surface area contributed by atoms with Crippen molar-refractivity contribution < 1.29 is 9.18 Å². The summed E-state index contributed by atoms with van der Waals surface area (Å²) in [5.74, 6) is -0.0819. The van der Waals surface area contributed by atoms with Gasteiger partial charge in [-0.2, -0.15) is 0 Å². The Morgan fingerprint density at radius 2 is 2.12 bits per heavy atom. The number of aldehydes is 1. The molecule has 0 unspecified atom stereocenters. The third kappa shape index (κ3) is 1.63. The van der Waals surface area contributed by atoms with Crippen LogP contribution in [0.2, 0.25) is 0 Å². The van der Waals surface area contributed by atoms with Crippen molar-refractivity contribution in [2.45, 2.75) is 18.8 Å². The summed E-state index contributed by atoms with van der Waals surface area (Å²) >= 11 is 0. The number of hydrogen-bond acceptors (Lipinski definition) is 3. The molecule has 0 spiro atoms. The van der Waals surface area contributed by atoms with Crippen LogP contribution in [0.4, 0.5) is 4.39 Å². The van der Waals surface area contributed by atoms with Crippen molar-refractivity contribution in [3.63, 3.8) is 0 Å². The fourth-order valence-corrected chi connectivity index (χ4v) is 1.93. The summed E-state index contributed by atoms with van der Waals surface area (Å²) < 4.78 is 15.1. The second kappa shape index (κ2) is 3.76. The fourth-order valence-electron chi connectivity index (χ4n) is 1.93. The van der Waals surface area contributed by atoms with Crippen LogP contribution in [-0.2, 0) is 0 Å². The van der Waals surface area contributed by atoms with Crippen molar-refractivity contribution in [2.75, 3.05) is 0 Å². The molecule has 86 valence electrons. The standard InChI is InChI=1S/C12H10FN3O/c13-9-3-1-2-4-11(9)16-12(8-5-6-8)10(7-17)14-15-16/h1-4,7-8H,5-6H2. The maximum absolute atomic E-state index is 13.7. The van der Waals surface area contributed by atoms with Gasteiger partial charge in [-0.1, -0.05) is 17.3 Å². The Kier molecular flexibility index (Phi) is 2.24. The molecule has 1 heterocycles. The summed E-state index contributed by atoms with van der Waals surface area (Å²) in [4.78, 5) is 10.9. The molecule has 17 heavy (non-hydrogen) atoms. The number of halogens is 1. The summed E-state index contributed by atoms with van der Waals surface area (Å²) in [5.41, 5.74) is 1.39. The Hall–Kier alpha value is -2.04. The maximum Gasteiger partial charge on any atom is 0.172 e. The number of nitrogens with zero attached hydrogens (tertiary/aromatic N) is 3. The number of carbonyl (C=O) groups excluding carboxylic acids is 1. The molecule has 0 radical (unpaired) electrons. The van der Waals surface area contributed by atoms with Gasteiger partial charge in [0.1, 0.15) is 17.2 Å². The van der Waals surface area contributed by atoms with Gasteiger partial charge < -0.3 is 0 Å². The Bertz CT molecular complexity index is 575. The van der Waals surface area contributed by atoms with E-state index in [4.69, 9.17) is 0 Å². The molecule has 0 saturated heterocycles. The molecular formula is C12H10FN3O. The van der Waals surface area contributed by atoms with Crippen LogP contribution in [0.25, 0.3) is 5.69 Å². The highest BCUT2D eigenvalue weighted by Gasteiger charge is 2.32. The highest BCUT2D eigenvalue weighted by atomic mass is 19.1. The molecular weight excluding hydrogens is 221 g/mol. The number of carbonyl (C=O) groups is 1. The molecule has 0 N–H and O–H groups in total. The van der Waals surface area contributed by atoms with E-state index in [1.807, 2.05) is 0 Å². The molecule has 4 nitrogen and oxygen atoms in total. The minimum atomic E-state index is -0.364. The van der Waals surface area contributed by atoms with Crippen molar-refractivity contribution in [2.24, 2.45) is 0 Å². The first-order valence-corrected chi connectivity index (χ1v) is 5.47. The third-order valence-electron chi connectivity index (χ3n) is 2.89. The summed E-state index contributed by atoms with van der Waals surface area (Å²) in [7, 11) is 0. The van der Waals surface area contributed by atoms with Crippen LogP contribution in [0, 0.1) is 5.82 Å². The lowest BCUT2D eigenvalue weighted by atomic mass is 10.2. The SMILES string of the molecule is O=Cc1nnn(-c2ccccc2F)c1C1CC1. The molecule has 1 aliphatic carbocycles. The van der Waals surface area contributed by atoms with Gasteiger partial charge in [-0.3, -0.25) is 4.79 Å². The van der Waals surface area contributed by atoms with E-state index < -0.39 is 0 Å². The lowest BCUT2D eigenvalue weighted by molar-refractivity contribution is 0.111. The van der Waals surface area contributed by atoms with Crippen LogP contribution in [0.1, 0.15) is 34.9 Å². The van der Waals surface area contributed by atoms with Gasteiger partial charge in [-0.05, 0) is 25.0 Å². The normalized spacial score (nSPS) is 14.9. The van der Waals surface area contributed by atoms with Gasteiger partial charge >= 0.3 is 0 Å². The second-order valence-electron chi connectivity index (χ2n) is 4.12. The average Bonchev–Trinajstić information content (AvgIpc) is 3.10. The highest BCUT2D eigenvalue weighted by molar-refractivity contribution is 5.74. The van der Waals surface area contributed by atoms with Gasteiger partial charge in [0.2, 0.25) is 0 Å². The van der Waals surface area contributed by atoms with Crippen LogP contribution in [0.15, 0.2) is 24.3 Å². The van der Waals surface area contributed by atoms with Crippen molar-refractivity contribution in [3.05, 3.63) is 41.5 Å². The summed E-state index contributed by atoms with van der Waals surface area (Å²) in [6, 6.07) is 6.35. The molecule has 1 aromatic carbocycles. The zero-order valence-corrected chi connectivity index (χ0v) is 9.01. The summed E-state index contributed by atoms with van der Waals surface area (Å²) in [6.07, 6.45) is 2.68. The van der Waals surface area contributed by atoms with Gasteiger partial charge in [0, 0.05) is 5.92 Å². The second-order valence-corrected chi connectivity index (χ2v) is 4.12. The van der Waals surface area contributed by atoms with E-state index in [1.165, 1.54) is 10.7 Å². The topological polar surface area (TPSA) is 47.8 Å². The average molecular weight is 231 g/mol. The first kappa shape index (κ1) is 10.1. The Balaban J connectivity index is 2.18. The molecule has 3 rings (SSSR count). The van der Waals surface area contributed by atoms with Gasteiger partial charge in [0.05, 0.1) is 5.69 Å². The lowest BCUT2D eigenvalue weighted by Crippen LogP contribution is -2.04. The number of aromatic nitrogens is 3. The molecule has 0 atom stereocenters. The molecule has 1 fully saturated rings. The molecule has 0 amide bonds. The van der Waals surface area contributed by atoms with Crippen molar-refractivity contribution >= 4 is 6.29 Å². The van der Waals surface area contributed by atoms with E-state index in [2.05, 4.69) is 10.3 Å². The van der Waals surface area contributed by atoms with E-state index >= 15 is 0 Å². The van der Waals surface area contributed by atoms with Crippen LogP contribution in [0.5, 0.6) is 0 Å². The summed E-state index contributed by atoms with van der Waals surface area (Å²) in [5, 5.41) is 7.67. The smallest absolute Gasteiger partial charge is 0.172 e. The number of para-hydroxylation sites is 1. The summed E-state index contributed by atoms with van der Waals surface area (Å²) in [6.45, 7) is 0. The van der Waals surface area contributed by atoms with Crippen molar-refractivity contribution in [1.82, 2.24) is 15.0 Å². The van der Waals surface area contributed by atoms with E-state index in [0.29, 0.717) is 17.7 Å². The minimum absolute atomic E-state index is 0.282. The van der Waals surface area contributed by atoms with Crippen LogP contribution in [-0.4, -0.2) is 21.3 Å². The zero-order valence-electron chi connectivity index (χ0n) is 9.01. The fraction of sp³-hybridized carbons (Fsp3) is 0.250. The van der Waals surface area contributed by atoms with Gasteiger partial charge in [-0.15, -0.1) is 5.10 Å². The maximum atomic E-state index is 13.7. The highest BCUT2D eigenvalue weighted by Crippen LogP contribution is 2.41. The van der Waals surface area contributed by atoms with Crippen LogP contribution < -0.4 is 0 Å². The van der Waals surface area contributed by atoms with E-state index in [0.717, 1.165) is 18.5 Å². The molecule has 1 aliphatic rings. The number of benzene rings is 1. The molecule has 1 saturated carbocycles. The first-order chi connectivity index (χ1) is 8.31. The quantitative estimate of drug-likeness (QED) is 0.760. The molecule has 0 aliphatic heterocycles. The molecule has 1 aromatic heterocycles. The van der Waals surface area contributed by atoms with Crippen molar-refractivity contribution in [3.8, 4) is 5.69 Å². The molecule has 5 heteroatoms. The Morgan fingerprint density at radius 1 is 1.35 bits per heavy atom. The van der Waals surface area contributed by atoms with E-state index in [-0.39, 0.29) is 11.7 Å². The Morgan fingerprint density at radius 3 is 2.76 bits per heavy atom. The zero-order chi connectivity index (χ0) is 11.8. The van der Waals surface area contributed by atoms with Crippen LogP contribution >= 0.6 is 0 Å². The Labute approximate surface area is 97.1 Å². The predicted octanol–water partition coefficient (Wildman–Crippen LogP) is 2.10. The van der Waals surface area contributed by atoms with Gasteiger partial charge in [0.15, 0.2) is 6.29 Å². The van der Waals surface area contributed by atoms with Crippen LogP contribution in [0.3, 0.4) is 0 Å². The number of hydrogen-bond donors (Lipinski definition) is 0.